The lowest BCUT2D eigenvalue weighted by Gasteiger charge is -2.57. The number of piperidine rings is 2. The SMILES string of the molecule is O=C(CN1C(=O)C=CC1O)N[C@@]12C[C@@H]3C[C@@H](C[C@H](C3)N1)C2. The lowest BCUT2D eigenvalue weighted by molar-refractivity contribution is -0.140. The van der Waals surface area contributed by atoms with Gasteiger partial charge < -0.3 is 15.3 Å². The van der Waals surface area contributed by atoms with Gasteiger partial charge in [-0.3, -0.25) is 14.9 Å². The minimum Gasteiger partial charge on any atom is -0.370 e. The first-order chi connectivity index (χ1) is 10.0. The maximum Gasteiger partial charge on any atom is 0.249 e. The van der Waals surface area contributed by atoms with Gasteiger partial charge >= 0.3 is 0 Å². The molecule has 5 atom stereocenters. The summed E-state index contributed by atoms with van der Waals surface area (Å²) >= 11 is 0. The Labute approximate surface area is 123 Å². The van der Waals surface area contributed by atoms with Crippen molar-refractivity contribution in [2.24, 2.45) is 11.8 Å². The molecule has 21 heavy (non-hydrogen) atoms. The summed E-state index contributed by atoms with van der Waals surface area (Å²) < 4.78 is 0. The van der Waals surface area contributed by atoms with E-state index in [0.29, 0.717) is 17.9 Å². The molecule has 0 aromatic carbocycles. The number of hydrogen-bond acceptors (Lipinski definition) is 4. The van der Waals surface area contributed by atoms with Crippen molar-refractivity contribution in [2.75, 3.05) is 6.54 Å². The van der Waals surface area contributed by atoms with E-state index < -0.39 is 6.23 Å². The summed E-state index contributed by atoms with van der Waals surface area (Å²) in [6, 6.07) is 0.525. The second-order valence-electron chi connectivity index (χ2n) is 7.06. The maximum atomic E-state index is 12.3. The van der Waals surface area contributed by atoms with Crippen molar-refractivity contribution in [1.82, 2.24) is 15.5 Å². The lowest BCUT2D eigenvalue weighted by atomic mass is 9.62. The molecular weight excluding hydrogens is 270 g/mol. The molecule has 0 spiro atoms. The zero-order valence-electron chi connectivity index (χ0n) is 11.9. The van der Waals surface area contributed by atoms with Gasteiger partial charge in [-0.1, -0.05) is 0 Å². The van der Waals surface area contributed by atoms with Gasteiger partial charge in [-0.05, 0) is 50.0 Å². The molecule has 6 nitrogen and oxygen atoms in total. The van der Waals surface area contributed by atoms with Crippen LogP contribution in [0.15, 0.2) is 12.2 Å². The third-order valence-corrected chi connectivity index (χ3v) is 5.36. The number of nitrogens with one attached hydrogen (secondary N) is 2. The molecule has 2 aliphatic carbocycles. The van der Waals surface area contributed by atoms with Crippen LogP contribution in [0.2, 0.25) is 0 Å². The minimum absolute atomic E-state index is 0.0869. The van der Waals surface area contributed by atoms with Gasteiger partial charge in [-0.2, -0.15) is 0 Å². The van der Waals surface area contributed by atoms with Crippen molar-refractivity contribution in [3.63, 3.8) is 0 Å². The van der Waals surface area contributed by atoms with Crippen molar-refractivity contribution in [1.29, 1.82) is 0 Å². The van der Waals surface area contributed by atoms with Gasteiger partial charge in [-0.25, -0.2) is 0 Å². The largest absolute Gasteiger partial charge is 0.370 e. The summed E-state index contributed by atoms with van der Waals surface area (Å²) in [4.78, 5) is 25.0. The van der Waals surface area contributed by atoms with Gasteiger partial charge in [0.25, 0.3) is 0 Å². The van der Waals surface area contributed by atoms with Gasteiger partial charge in [0.1, 0.15) is 12.8 Å². The van der Waals surface area contributed by atoms with Gasteiger partial charge in [0.05, 0.1) is 5.66 Å². The molecule has 3 aliphatic heterocycles. The molecule has 3 N–H and O–H groups in total. The molecule has 4 fully saturated rings. The summed E-state index contributed by atoms with van der Waals surface area (Å²) in [5, 5.41) is 16.4. The van der Waals surface area contributed by atoms with Crippen molar-refractivity contribution in [3.05, 3.63) is 12.2 Å². The van der Waals surface area contributed by atoms with E-state index in [4.69, 9.17) is 0 Å². The number of carbonyl (C=O) groups is 2. The monoisotopic (exact) mass is 291 g/mol. The predicted octanol–water partition coefficient (Wildman–Crippen LogP) is -0.302. The smallest absolute Gasteiger partial charge is 0.249 e. The number of aliphatic hydroxyl groups excluding tert-OH is 1. The van der Waals surface area contributed by atoms with E-state index in [1.54, 1.807) is 0 Å². The molecule has 2 saturated carbocycles. The van der Waals surface area contributed by atoms with Gasteiger partial charge in [0.2, 0.25) is 11.8 Å². The topological polar surface area (TPSA) is 81.7 Å². The van der Waals surface area contributed by atoms with E-state index in [1.807, 2.05) is 0 Å². The fourth-order valence-corrected chi connectivity index (χ4v) is 4.86. The fourth-order valence-electron chi connectivity index (χ4n) is 4.86. The molecular formula is C15H21N3O3. The van der Waals surface area contributed by atoms with Gasteiger partial charge in [-0.15, -0.1) is 0 Å². The average Bonchev–Trinajstić information content (AvgIpc) is 2.68. The first-order valence-corrected chi connectivity index (χ1v) is 7.79. The van der Waals surface area contributed by atoms with Crippen LogP contribution in [0.25, 0.3) is 0 Å². The number of nitrogens with zero attached hydrogens (tertiary/aromatic N) is 1. The van der Waals surface area contributed by atoms with Crippen molar-refractivity contribution >= 4 is 11.8 Å². The highest BCUT2D eigenvalue weighted by atomic mass is 16.3. The van der Waals surface area contributed by atoms with Crippen molar-refractivity contribution < 1.29 is 14.7 Å². The number of hydrogen-bond donors (Lipinski definition) is 3. The van der Waals surface area contributed by atoms with Crippen molar-refractivity contribution in [3.8, 4) is 0 Å². The Kier molecular flexibility index (Phi) is 2.87. The van der Waals surface area contributed by atoms with Crippen LogP contribution in [-0.4, -0.2) is 46.3 Å². The standard InChI is InChI=1S/C15H21N3O3/c19-12(8-18-13(20)1-2-14(18)21)17-15-6-9-3-10(7-15)5-11(4-9)16-15/h1-2,9-11,13,16,20H,3-8H2,(H,17,19)/t9-,10+,11+,13?,15-. The van der Waals surface area contributed by atoms with Crippen LogP contribution >= 0.6 is 0 Å². The van der Waals surface area contributed by atoms with E-state index >= 15 is 0 Å². The molecule has 2 amide bonds. The second-order valence-corrected chi connectivity index (χ2v) is 7.06. The summed E-state index contributed by atoms with van der Waals surface area (Å²) in [6.07, 6.45) is 7.44. The lowest BCUT2D eigenvalue weighted by Crippen LogP contribution is -2.71. The van der Waals surface area contributed by atoms with E-state index in [-0.39, 0.29) is 24.0 Å². The zero-order chi connectivity index (χ0) is 14.6. The minimum atomic E-state index is -0.979. The van der Waals surface area contributed by atoms with Crippen LogP contribution < -0.4 is 10.6 Å². The highest BCUT2D eigenvalue weighted by molar-refractivity contribution is 5.93. The van der Waals surface area contributed by atoms with Crippen LogP contribution in [0, 0.1) is 11.8 Å². The Bertz CT molecular complexity index is 481. The van der Waals surface area contributed by atoms with Gasteiger partial charge in [0, 0.05) is 12.1 Å². The average molecular weight is 291 g/mol. The molecule has 0 aromatic heterocycles. The summed E-state index contributed by atoms with van der Waals surface area (Å²) in [5.74, 6) is 0.922. The molecule has 2 saturated heterocycles. The zero-order valence-corrected chi connectivity index (χ0v) is 11.9. The third-order valence-electron chi connectivity index (χ3n) is 5.36. The molecule has 6 heteroatoms. The Morgan fingerprint density at radius 2 is 2.10 bits per heavy atom. The summed E-state index contributed by atoms with van der Waals surface area (Å²) in [5.41, 5.74) is -0.285. The van der Waals surface area contributed by atoms with Crippen LogP contribution in [0.3, 0.4) is 0 Å². The van der Waals surface area contributed by atoms with Crippen LogP contribution in [0.5, 0.6) is 0 Å². The highest BCUT2D eigenvalue weighted by Gasteiger charge is 2.51. The molecule has 1 unspecified atom stereocenters. The third kappa shape index (κ3) is 2.26. The molecule has 0 radical (unpaired) electrons. The summed E-state index contributed by atoms with van der Waals surface area (Å²) in [6.45, 7) is -0.0869. The second kappa shape index (κ2) is 4.55. The van der Waals surface area contributed by atoms with Crippen LogP contribution in [-0.2, 0) is 9.59 Å². The van der Waals surface area contributed by atoms with E-state index in [9.17, 15) is 14.7 Å². The van der Waals surface area contributed by atoms with Crippen LogP contribution in [0.4, 0.5) is 0 Å². The first kappa shape index (κ1) is 13.3. The molecule has 3 heterocycles. The summed E-state index contributed by atoms with van der Waals surface area (Å²) in [7, 11) is 0. The Hall–Kier alpha value is -1.40. The quantitative estimate of drug-likeness (QED) is 0.667. The van der Waals surface area contributed by atoms with Gasteiger partial charge in [0.15, 0.2) is 0 Å². The number of amides is 2. The molecule has 5 aliphatic rings. The molecule has 0 aromatic rings. The maximum absolute atomic E-state index is 12.3. The highest BCUT2D eigenvalue weighted by Crippen LogP contribution is 2.48. The van der Waals surface area contributed by atoms with E-state index in [2.05, 4.69) is 10.6 Å². The Morgan fingerprint density at radius 3 is 2.67 bits per heavy atom. The first-order valence-electron chi connectivity index (χ1n) is 7.79. The Balaban J connectivity index is 1.42. The number of rotatable bonds is 3. The number of aliphatic hydroxyl groups is 1. The molecule has 114 valence electrons. The van der Waals surface area contributed by atoms with E-state index in [0.717, 1.165) is 12.8 Å². The van der Waals surface area contributed by atoms with Crippen LogP contribution in [0.1, 0.15) is 32.1 Å². The fraction of sp³-hybridized carbons (Fsp3) is 0.733. The molecule has 4 bridgehead atoms. The number of carbonyl (C=O) groups excluding carboxylic acids is 2. The normalized spacial score (nSPS) is 43.7. The Morgan fingerprint density at radius 1 is 1.38 bits per heavy atom. The predicted molar refractivity (Wildman–Crippen MR) is 74.7 cm³/mol. The molecule has 5 rings (SSSR count). The van der Waals surface area contributed by atoms with E-state index in [1.165, 1.54) is 36.3 Å². The van der Waals surface area contributed by atoms with Crippen molar-refractivity contribution in [2.45, 2.75) is 50.0 Å².